The van der Waals surface area contributed by atoms with Crippen molar-refractivity contribution in [2.45, 2.75) is 0 Å². The first-order chi connectivity index (χ1) is 17.0. The lowest BCUT2D eigenvalue weighted by molar-refractivity contribution is 0.0927. The Kier molecular flexibility index (Phi) is 8.66. The molecular weight excluding hydrogens is 450 g/mol. The summed E-state index contributed by atoms with van der Waals surface area (Å²) in [5, 5.41) is 8.27. The van der Waals surface area contributed by atoms with Crippen LogP contribution in [-0.2, 0) is 0 Å². The van der Waals surface area contributed by atoms with Crippen molar-refractivity contribution in [3.63, 3.8) is 0 Å². The maximum absolute atomic E-state index is 12.7. The summed E-state index contributed by atoms with van der Waals surface area (Å²) in [5.41, 5.74) is 1.81. The molecule has 182 valence electrons. The summed E-state index contributed by atoms with van der Waals surface area (Å²) in [6.07, 6.45) is 0. The van der Waals surface area contributed by atoms with E-state index >= 15 is 0 Å². The van der Waals surface area contributed by atoms with E-state index in [0.717, 1.165) is 0 Å². The number of benzene rings is 3. The van der Waals surface area contributed by atoms with Crippen molar-refractivity contribution >= 4 is 23.4 Å². The third-order valence-corrected chi connectivity index (χ3v) is 5.06. The summed E-state index contributed by atoms with van der Waals surface area (Å²) in [6, 6.07) is 18.4. The second-order valence-corrected chi connectivity index (χ2v) is 7.32. The fraction of sp³-hybridized carbons (Fsp3) is 0.192. The number of amides is 3. The summed E-state index contributed by atoms with van der Waals surface area (Å²) in [6.45, 7) is 0.569. The Balaban J connectivity index is 1.53. The van der Waals surface area contributed by atoms with E-state index in [1.54, 1.807) is 60.7 Å². The molecule has 0 aliphatic rings. The van der Waals surface area contributed by atoms with Gasteiger partial charge in [-0.05, 0) is 48.5 Å². The van der Waals surface area contributed by atoms with Gasteiger partial charge in [0.2, 0.25) is 5.75 Å². The topological polar surface area (TPSA) is 115 Å². The molecule has 0 saturated carbocycles. The van der Waals surface area contributed by atoms with E-state index in [9.17, 15) is 14.4 Å². The summed E-state index contributed by atoms with van der Waals surface area (Å²) in [5.74, 6) is 0.249. The van der Waals surface area contributed by atoms with Gasteiger partial charge >= 0.3 is 0 Å². The number of rotatable bonds is 10. The van der Waals surface area contributed by atoms with Crippen molar-refractivity contribution in [3.8, 4) is 17.2 Å². The minimum absolute atomic E-state index is 0.202. The van der Waals surface area contributed by atoms with Crippen LogP contribution in [0.3, 0.4) is 0 Å². The molecule has 0 heterocycles. The number of carbonyl (C=O) groups excluding carboxylic acids is 3. The molecule has 9 heteroatoms. The second-order valence-electron chi connectivity index (χ2n) is 7.32. The quantitative estimate of drug-likeness (QED) is 0.387. The van der Waals surface area contributed by atoms with Crippen LogP contribution in [0, 0.1) is 0 Å². The number of carbonyl (C=O) groups is 3. The standard InChI is InChI=1S/C26H27N3O6/c1-33-21-15-19(16-22(34-2)23(21)35-3)26(32)29-20-11-9-18(10-12-20)25(31)28-14-13-27-24(30)17-7-5-4-6-8-17/h4-12,15-16H,13-14H2,1-3H3,(H,27,30)(H,28,31)(H,29,32). The first-order valence-electron chi connectivity index (χ1n) is 10.8. The van der Waals surface area contributed by atoms with E-state index < -0.39 is 0 Å². The number of hydrogen-bond acceptors (Lipinski definition) is 6. The Bertz CT molecular complexity index is 1150. The fourth-order valence-corrected chi connectivity index (χ4v) is 3.27. The van der Waals surface area contributed by atoms with E-state index in [1.165, 1.54) is 21.3 Å². The number of ether oxygens (including phenoxy) is 3. The van der Waals surface area contributed by atoms with Gasteiger partial charge in [0.25, 0.3) is 17.7 Å². The third-order valence-electron chi connectivity index (χ3n) is 5.06. The molecule has 35 heavy (non-hydrogen) atoms. The first kappa shape index (κ1) is 25.1. The highest BCUT2D eigenvalue weighted by molar-refractivity contribution is 6.05. The molecule has 0 atom stereocenters. The maximum Gasteiger partial charge on any atom is 0.255 e. The van der Waals surface area contributed by atoms with Crippen LogP contribution in [-0.4, -0.2) is 52.1 Å². The largest absolute Gasteiger partial charge is 0.493 e. The second kappa shape index (κ2) is 12.1. The molecule has 3 rings (SSSR count). The smallest absolute Gasteiger partial charge is 0.255 e. The Morgan fingerprint density at radius 2 is 1.14 bits per heavy atom. The van der Waals surface area contributed by atoms with Gasteiger partial charge in [-0.1, -0.05) is 18.2 Å². The molecule has 0 bridgehead atoms. The molecule has 3 amide bonds. The van der Waals surface area contributed by atoms with Gasteiger partial charge in [-0.15, -0.1) is 0 Å². The van der Waals surface area contributed by atoms with Crippen LogP contribution < -0.4 is 30.2 Å². The van der Waals surface area contributed by atoms with Gasteiger partial charge in [0.1, 0.15) is 0 Å². The number of methoxy groups -OCH3 is 3. The van der Waals surface area contributed by atoms with Crippen LogP contribution in [0.5, 0.6) is 17.2 Å². The Morgan fingerprint density at radius 3 is 1.63 bits per heavy atom. The molecule has 9 nitrogen and oxygen atoms in total. The normalized spacial score (nSPS) is 10.1. The van der Waals surface area contributed by atoms with Crippen LogP contribution in [0.2, 0.25) is 0 Å². The highest BCUT2D eigenvalue weighted by atomic mass is 16.5. The van der Waals surface area contributed by atoms with Crippen molar-refractivity contribution < 1.29 is 28.6 Å². The molecular formula is C26H27N3O6. The third kappa shape index (κ3) is 6.50. The highest BCUT2D eigenvalue weighted by Crippen LogP contribution is 2.38. The van der Waals surface area contributed by atoms with E-state index in [4.69, 9.17) is 14.2 Å². The van der Waals surface area contributed by atoms with Gasteiger partial charge < -0.3 is 30.2 Å². The SMILES string of the molecule is COc1cc(C(=O)Nc2ccc(C(=O)NCCNC(=O)c3ccccc3)cc2)cc(OC)c1OC. The molecule has 0 unspecified atom stereocenters. The van der Waals surface area contributed by atoms with E-state index in [0.29, 0.717) is 46.2 Å². The van der Waals surface area contributed by atoms with Crippen molar-refractivity contribution in [3.05, 3.63) is 83.4 Å². The summed E-state index contributed by atoms with van der Waals surface area (Å²) < 4.78 is 15.8. The van der Waals surface area contributed by atoms with E-state index in [1.807, 2.05) is 6.07 Å². The van der Waals surface area contributed by atoms with Gasteiger partial charge in [0.05, 0.1) is 21.3 Å². The minimum Gasteiger partial charge on any atom is -0.493 e. The lowest BCUT2D eigenvalue weighted by Crippen LogP contribution is -2.34. The van der Waals surface area contributed by atoms with Crippen LogP contribution in [0.1, 0.15) is 31.1 Å². The number of hydrogen-bond donors (Lipinski definition) is 3. The van der Waals surface area contributed by atoms with Crippen molar-refractivity contribution in [2.24, 2.45) is 0 Å². The predicted molar refractivity (Wildman–Crippen MR) is 132 cm³/mol. The van der Waals surface area contributed by atoms with Gasteiger partial charge in [-0.2, -0.15) is 0 Å². The van der Waals surface area contributed by atoms with Gasteiger partial charge in [-0.25, -0.2) is 0 Å². The zero-order valence-electron chi connectivity index (χ0n) is 19.7. The monoisotopic (exact) mass is 477 g/mol. The molecule has 0 spiro atoms. The molecule has 0 saturated heterocycles. The van der Waals surface area contributed by atoms with Gasteiger partial charge in [0, 0.05) is 35.5 Å². The summed E-state index contributed by atoms with van der Waals surface area (Å²) in [7, 11) is 4.43. The average Bonchev–Trinajstić information content (AvgIpc) is 2.90. The lowest BCUT2D eigenvalue weighted by atomic mass is 10.1. The molecule has 3 N–H and O–H groups in total. The Morgan fingerprint density at radius 1 is 0.629 bits per heavy atom. The Hall–Kier alpha value is -4.53. The Labute approximate surface area is 203 Å². The van der Waals surface area contributed by atoms with Crippen LogP contribution >= 0.6 is 0 Å². The zero-order valence-corrected chi connectivity index (χ0v) is 19.7. The maximum atomic E-state index is 12.7. The average molecular weight is 478 g/mol. The van der Waals surface area contributed by atoms with Crippen molar-refractivity contribution in [1.29, 1.82) is 0 Å². The van der Waals surface area contributed by atoms with E-state index in [-0.39, 0.29) is 24.3 Å². The van der Waals surface area contributed by atoms with Crippen molar-refractivity contribution in [2.75, 3.05) is 39.7 Å². The van der Waals surface area contributed by atoms with E-state index in [2.05, 4.69) is 16.0 Å². The molecule has 0 fully saturated rings. The molecule has 0 radical (unpaired) electrons. The molecule has 0 aromatic heterocycles. The zero-order chi connectivity index (χ0) is 25.2. The number of anilines is 1. The molecule has 0 aliphatic heterocycles. The summed E-state index contributed by atoms with van der Waals surface area (Å²) >= 11 is 0. The fourth-order valence-electron chi connectivity index (χ4n) is 3.27. The molecule has 3 aromatic rings. The van der Waals surface area contributed by atoms with Crippen LogP contribution in [0.15, 0.2) is 66.7 Å². The molecule has 3 aromatic carbocycles. The van der Waals surface area contributed by atoms with Gasteiger partial charge in [-0.3, -0.25) is 14.4 Å². The van der Waals surface area contributed by atoms with Crippen LogP contribution in [0.4, 0.5) is 5.69 Å². The number of nitrogens with one attached hydrogen (secondary N) is 3. The minimum atomic E-state index is -0.379. The summed E-state index contributed by atoms with van der Waals surface area (Å²) in [4.78, 5) is 37.1. The lowest BCUT2D eigenvalue weighted by Gasteiger charge is -2.14. The predicted octanol–water partition coefficient (Wildman–Crippen LogP) is 3.12. The van der Waals surface area contributed by atoms with Crippen molar-refractivity contribution in [1.82, 2.24) is 10.6 Å². The van der Waals surface area contributed by atoms with Gasteiger partial charge in [0.15, 0.2) is 11.5 Å². The first-order valence-corrected chi connectivity index (χ1v) is 10.8. The molecule has 0 aliphatic carbocycles. The highest BCUT2D eigenvalue weighted by Gasteiger charge is 2.17. The van der Waals surface area contributed by atoms with Crippen LogP contribution in [0.25, 0.3) is 0 Å².